The molecule has 0 aromatic rings. The van der Waals surface area contributed by atoms with Crippen LogP contribution in [0.15, 0.2) is 0 Å². The van der Waals surface area contributed by atoms with E-state index in [2.05, 4.69) is 24.5 Å². The highest BCUT2D eigenvalue weighted by molar-refractivity contribution is 8.01. The summed E-state index contributed by atoms with van der Waals surface area (Å²) in [6, 6.07) is 0.122. The summed E-state index contributed by atoms with van der Waals surface area (Å²) in [6.45, 7) is 7.98. The summed E-state index contributed by atoms with van der Waals surface area (Å²) in [5.41, 5.74) is 0. The normalized spacial score (nSPS) is 22.8. The van der Waals surface area contributed by atoms with Crippen molar-refractivity contribution in [2.45, 2.75) is 102 Å². The van der Waals surface area contributed by atoms with Crippen molar-refractivity contribution in [1.82, 2.24) is 15.5 Å². The molecular weight excluding hydrogens is 358 g/mol. The highest BCUT2D eigenvalue weighted by Crippen LogP contribution is 2.39. The van der Waals surface area contributed by atoms with Gasteiger partial charge in [-0.25, -0.2) is 0 Å². The fraction of sp³-hybridized carbons (Fsp3) is 0.905. The Balaban J connectivity index is 1.67. The molecule has 2 aliphatic rings. The van der Waals surface area contributed by atoms with Crippen LogP contribution in [0.5, 0.6) is 0 Å². The first-order chi connectivity index (χ1) is 13.0. The number of unbranched alkanes of at least 4 members (excludes halogenated alkanes) is 5. The molecule has 2 aliphatic heterocycles. The Morgan fingerprint density at radius 1 is 1.15 bits per heavy atom. The topological polar surface area (TPSA) is 61.4 Å². The van der Waals surface area contributed by atoms with Gasteiger partial charge in [0.05, 0.1) is 10.9 Å². The lowest BCUT2D eigenvalue weighted by Crippen LogP contribution is -2.55. The second kappa shape index (κ2) is 11.3. The SMILES string of the molecule is CCCCCCCCC(=O)N1CCC2(CC1)NC(C(=O)NC(C)CC)CS2. The van der Waals surface area contributed by atoms with Crippen molar-refractivity contribution in [2.24, 2.45) is 0 Å². The van der Waals surface area contributed by atoms with Gasteiger partial charge in [-0.05, 0) is 32.6 Å². The molecule has 1 spiro atoms. The number of likely N-dealkylation sites (tertiary alicyclic amines) is 1. The molecule has 0 aromatic carbocycles. The van der Waals surface area contributed by atoms with Crippen molar-refractivity contribution in [1.29, 1.82) is 0 Å². The Kier molecular flexibility index (Phi) is 9.43. The molecule has 2 unspecified atom stereocenters. The largest absolute Gasteiger partial charge is 0.352 e. The van der Waals surface area contributed by atoms with E-state index in [1.807, 2.05) is 23.6 Å². The van der Waals surface area contributed by atoms with Crippen LogP contribution in [0, 0.1) is 0 Å². The number of nitrogens with zero attached hydrogens (tertiary/aromatic N) is 1. The molecule has 5 nitrogen and oxygen atoms in total. The Hall–Kier alpha value is -0.750. The van der Waals surface area contributed by atoms with Crippen LogP contribution in [0.25, 0.3) is 0 Å². The number of nitrogens with one attached hydrogen (secondary N) is 2. The fourth-order valence-corrected chi connectivity index (χ4v) is 5.27. The summed E-state index contributed by atoms with van der Waals surface area (Å²) in [5.74, 6) is 1.26. The van der Waals surface area contributed by atoms with Gasteiger partial charge in [-0.2, -0.15) is 0 Å². The molecule has 0 radical (unpaired) electrons. The molecule has 0 saturated carbocycles. The summed E-state index contributed by atoms with van der Waals surface area (Å²) in [4.78, 5) is 26.8. The summed E-state index contributed by atoms with van der Waals surface area (Å²) in [5, 5.41) is 6.66. The van der Waals surface area contributed by atoms with E-state index in [4.69, 9.17) is 0 Å². The number of amides is 2. The minimum absolute atomic E-state index is 0.0195. The number of carbonyl (C=O) groups is 2. The molecular formula is C21H39N3O2S. The van der Waals surface area contributed by atoms with Crippen molar-refractivity contribution in [2.75, 3.05) is 18.8 Å². The van der Waals surface area contributed by atoms with E-state index in [1.54, 1.807) is 0 Å². The van der Waals surface area contributed by atoms with Crippen LogP contribution in [0.3, 0.4) is 0 Å². The van der Waals surface area contributed by atoms with Crippen LogP contribution >= 0.6 is 11.8 Å². The van der Waals surface area contributed by atoms with E-state index in [0.29, 0.717) is 12.3 Å². The molecule has 2 saturated heterocycles. The van der Waals surface area contributed by atoms with E-state index in [1.165, 1.54) is 32.1 Å². The zero-order valence-electron chi connectivity index (χ0n) is 17.5. The van der Waals surface area contributed by atoms with Crippen LogP contribution in [0.2, 0.25) is 0 Å². The lowest BCUT2D eigenvalue weighted by molar-refractivity contribution is -0.133. The fourth-order valence-electron chi connectivity index (χ4n) is 3.85. The second-order valence-electron chi connectivity index (χ2n) is 8.22. The van der Waals surface area contributed by atoms with Crippen molar-refractivity contribution in [3.63, 3.8) is 0 Å². The minimum atomic E-state index is -0.102. The third kappa shape index (κ3) is 6.97. The van der Waals surface area contributed by atoms with E-state index in [-0.39, 0.29) is 22.9 Å². The minimum Gasteiger partial charge on any atom is -0.352 e. The lowest BCUT2D eigenvalue weighted by atomic mass is 10.0. The highest BCUT2D eigenvalue weighted by Gasteiger charge is 2.44. The monoisotopic (exact) mass is 397 g/mol. The van der Waals surface area contributed by atoms with Gasteiger partial charge in [-0.15, -0.1) is 11.8 Å². The van der Waals surface area contributed by atoms with Crippen molar-refractivity contribution < 1.29 is 9.59 Å². The third-order valence-corrected chi connectivity index (χ3v) is 7.53. The summed E-state index contributed by atoms with van der Waals surface area (Å²) in [6.07, 6.45) is 10.8. The van der Waals surface area contributed by atoms with Crippen molar-refractivity contribution >= 4 is 23.6 Å². The average molecular weight is 398 g/mol. The quantitative estimate of drug-likeness (QED) is 0.552. The van der Waals surface area contributed by atoms with Crippen molar-refractivity contribution in [3.05, 3.63) is 0 Å². The predicted octanol–water partition coefficient (Wildman–Crippen LogP) is 3.68. The van der Waals surface area contributed by atoms with Gasteiger partial charge in [0.15, 0.2) is 0 Å². The zero-order chi connectivity index (χ0) is 19.7. The molecule has 2 atom stereocenters. The standard InChI is InChI=1S/C21H39N3O2S/c1-4-6-7-8-9-10-11-19(25)24-14-12-21(13-15-24)23-18(16-27-21)20(26)22-17(3)5-2/h17-18,23H,4-16H2,1-3H3,(H,22,26). The Morgan fingerprint density at radius 3 is 2.48 bits per heavy atom. The first-order valence-corrected chi connectivity index (χ1v) is 12.0. The maximum absolute atomic E-state index is 12.5. The van der Waals surface area contributed by atoms with E-state index >= 15 is 0 Å². The number of rotatable bonds is 10. The first-order valence-electron chi connectivity index (χ1n) is 11.0. The zero-order valence-corrected chi connectivity index (χ0v) is 18.3. The molecule has 2 fully saturated rings. The maximum Gasteiger partial charge on any atom is 0.238 e. The van der Waals surface area contributed by atoms with E-state index < -0.39 is 0 Å². The number of carbonyl (C=O) groups excluding carboxylic acids is 2. The predicted molar refractivity (Wildman–Crippen MR) is 114 cm³/mol. The molecule has 2 amide bonds. The molecule has 6 heteroatoms. The van der Waals surface area contributed by atoms with Gasteiger partial charge < -0.3 is 10.2 Å². The van der Waals surface area contributed by atoms with Crippen LogP contribution < -0.4 is 10.6 Å². The molecule has 0 aliphatic carbocycles. The van der Waals surface area contributed by atoms with Crippen LogP contribution in [-0.4, -0.2) is 52.5 Å². The van der Waals surface area contributed by atoms with Gasteiger partial charge in [0.25, 0.3) is 0 Å². The first kappa shape index (κ1) is 22.5. The summed E-state index contributed by atoms with van der Waals surface area (Å²) < 4.78 is 0. The number of hydrogen-bond acceptors (Lipinski definition) is 4. The number of hydrogen-bond donors (Lipinski definition) is 2. The third-order valence-electron chi connectivity index (χ3n) is 5.95. The molecule has 156 valence electrons. The molecule has 0 bridgehead atoms. The van der Waals surface area contributed by atoms with Gasteiger partial charge in [-0.3, -0.25) is 14.9 Å². The van der Waals surface area contributed by atoms with Gasteiger partial charge in [0, 0.05) is 31.3 Å². The summed E-state index contributed by atoms with van der Waals surface area (Å²) >= 11 is 1.87. The van der Waals surface area contributed by atoms with Gasteiger partial charge in [0.1, 0.15) is 0 Å². The van der Waals surface area contributed by atoms with Crippen LogP contribution in [0.1, 0.15) is 85.0 Å². The maximum atomic E-state index is 12.5. The smallest absolute Gasteiger partial charge is 0.238 e. The second-order valence-corrected chi connectivity index (χ2v) is 9.62. The van der Waals surface area contributed by atoms with E-state index in [0.717, 1.165) is 44.5 Å². The van der Waals surface area contributed by atoms with Gasteiger partial charge >= 0.3 is 0 Å². The molecule has 0 aromatic heterocycles. The molecule has 27 heavy (non-hydrogen) atoms. The number of piperidine rings is 1. The van der Waals surface area contributed by atoms with Gasteiger partial charge in [0.2, 0.25) is 11.8 Å². The Labute approximate surface area is 169 Å². The van der Waals surface area contributed by atoms with Crippen LogP contribution in [-0.2, 0) is 9.59 Å². The van der Waals surface area contributed by atoms with Crippen LogP contribution in [0.4, 0.5) is 0 Å². The highest BCUT2D eigenvalue weighted by atomic mass is 32.2. The Morgan fingerprint density at radius 2 is 1.81 bits per heavy atom. The van der Waals surface area contributed by atoms with Gasteiger partial charge in [-0.1, -0.05) is 46.0 Å². The molecule has 2 heterocycles. The summed E-state index contributed by atoms with van der Waals surface area (Å²) in [7, 11) is 0. The van der Waals surface area contributed by atoms with E-state index in [9.17, 15) is 9.59 Å². The average Bonchev–Trinajstić information content (AvgIpc) is 3.08. The molecule has 2 rings (SSSR count). The molecule has 2 N–H and O–H groups in total. The number of thioether (sulfide) groups is 1. The Bertz CT molecular complexity index is 478. The van der Waals surface area contributed by atoms with Crippen molar-refractivity contribution in [3.8, 4) is 0 Å². The lowest BCUT2D eigenvalue weighted by Gasteiger charge is -2.39.